The van der Waals surface area contributed by atoms with Crippen LogP contribution in [0.15, 0.2) is 77.8 Å². The van der Waals surface area contributed by atoms with Crippen LogP contribution in [0.4, 0.5) is 0 Å². The third kappa shape index (κ3) is 4.54. The van der Waals surface area contributed by atoms with Gasteiger partial charge in [-0.2, -0.15) is 0 Å². The summed E-state index contributed by atoms with van der Waals surface area (Å²) in [5.74, 6) is 0.511. The first-order valence-corrected chi connectivity index (χ1v) is 11.1. The van der Waals surface area contributed by atoms with Crippen molar-refractivity contribution in [2.75, 3.05) is 5.75 Å². The number of thioether (sulfide) groups is 1. The Morgan fingerprint density at radius 3 is 2.52 bits per heavy atom. The number of rotatable bonds is 6. The molecule has 0 aromatic heterocycles. The van der Waals surface area contributed by atoms with Crippen molar-refractivity contribution in [2.24, 2.45) is 16.6 Å². The Bertz CT molecular complexity index is 1050. The predicted molar refractivity (Wildman–Crippen MR) is 123 cm³/mol. The summed E-state index contributed by atoms with van der Waals surface area (Å²) in [6, 6.07) is 25.1. The van der Waals surface area contributed by atoms with Gasteiger partial charge in [0.05, 0.1) is 10.6 Å². The van der Waals surface area contributed by atoms with Crippen molar-refractivity contribution in [3.63, 3.8) is 0 Å². The van der Waals surface area contributed by atoms with Gasteiger partial charge in [0.25, 0.3) is 0 Å². The smallest absolute Gasteiger partial charge is 0.221 e. The third-order valence-electron chi connectivity index (χ3n) is 5.75. The summed E-state index contributed by atoms with van der Waals surface area (Å²) in [5.41, 5.74) is 7.84. The fourth-order valence-electron chi connectivity index (χ4n) is 3.95. The van der Waals surface area contributed by atoms with E-state index in [-0.39, 0.29) is 17.4 Å². The summed E-state index contributed by atoms with van der Waals surface area (Å²) < 4.78 is 0. The molecule has 4 heteroatoms. The number of nitrogens with two attached hydrogens (primary N) is 1. The number of fused-ring (bicyclic) bond motifs is 1. The maximum absolute atomic E-state index is 12.1. The Morgan fingerprint density at radius 2 is 1.76 bits per heavy atom. The van der Waals surface area contributed by atoms with Crippen LogP contribution < -0.4 is 5.73 Å². The van der Waals surface area contributed by atoms with Gasteiger partial charge in [-0.25, -0.2) is 0 Å². The average molecular weight is 403 g/mol. The van der Waals surface area contributed by atoms with Crippen molar-refractivity contribution >= 4 is 33.5 Å². The van der Waals surface area contributed by atoms with Crippen LogP contribution >= 0.6 is 11.8 Å². The SMILES string of the molecule is CC1(c2ccc3ccccc3c2)CCSC(C[C@@H](Cc2ccccc2)C(N)=O)=N1. The molecule has 0 radical (unpaired) electrons. The number of hydrogen-bond acceptors (Lipinski definition) is 3. The van der Waals surface area contributed by atoms with Crippen LogP contribution in [0.25, 0.3) is 10.8 Å². The van der Waals surface area contributed by atoms with Gasteiger partial charge >= 0.3 is 0 Å². The zero-order valence-electron chi connectivity index (χ0n) is 16.7. The monoisotopic (exact) mass is 402 g/mol. The van der Waals surface area contributed by atoms with E-state index in [0.29, 0.717) is 12.8 Å². The Balaban J connectivity index is 1.58. The first-order chi connectivity index (χ1) is 14.0. The summed E-state index contributed by atoms with van der Waals surface area (Å²) in [6.45, 7) is 2.20. The molecule has 3 nitrogen and oxygen atoms in total. The average Bonchev–Trinajstić information content (AvgIpc) is 2.74. The predicted octanol–water partition coefficient (Wildman–Crippen LogP) is 5.32. The van der Waals surface area contributed by atoms with Crippen molar-refractivity contribution in [3.8, 4) is 0 Å². The van der Waals surface area contributed by atoms with Crippen LogP contribution in [0.1, 0.15) is 30.9 Å². The quantitative estimate of drug-likeness (QED) is 0.606. The van der Waals surface area contributed by atoms with E-state index in [1.54, 1.807) is 11.8 Å². The summed E-state index contributed by atoms with van der Waals surface area (Å²) in [7, 11) is 0. The minimum atomic E-state index is -0.264. The molecule has 1 aliphatic heterocycles. The summed E-state index contributed by atoms with van der Waals surface area (Å²) >= 11 is 1.76. The van der Waals surface area contributed by atoms with Crippen LogP contribution in [-0.4, -0.2) is 16.7 Å². The molecule has 0 spiro atoms. The lowest BCUT2D eigenvalue weighted by Crippen LogP contribution is -2.30. The van der Waals surface area contributed by atoms with E-state index in [1.165, 1.54) is 16.3 Å². The van der Waals surface area contributed by atoms with E-state index < -0.39 is 0 Å². The van der Waals surface area contributed by atoms with E-state index in [1.807, 2.05) is 30.3 Å². The van der Waals surface area contributed by atoms with Crippen molar-refractivity contribution in [2.45, 2.75) is 31.7 Å². The minimum Gasteiger partial charge on any atom is -0.369 e. The molecule has 3 aromatic rings. The maximum atomic E-state index is 12.1. The van der Waals surface area contributed by atoms with Crippen molar-refractivity contribution in [1.82, 2.24) is 0 Å². The molecule has 2 N–H and O–H groups in total. The lowest BCUT2D eigenvalue weighted by molar-refractivity contribution is -0.121. The van der Waals surface area contributed by atoms with Crippen LogP contribution in [0, 0.1) is 5.92 Å². The van der Waals surface area contributed by atoms with E-state index in [2.05, 4.69) is 49.4 Å². The molecule has 0 bridgehead atoms. The fourth-order valence-corrected chi connectivity index (χ4v) is 5.27. The van der Waals surface area contributed by atoms with Gasteiger partial charge in [0.15, 0.2) is 0 Å². The Labute approximate surface area is 176 Å². The standard InChI is InChI=1S/C25H26N2OS/c1-25(22-12-11-19-9-5-6-10-20(19)16-22)13-14-29-23(27-25)17-21(24(26)28)15-18-7-3-2-4-8-18/h2-12,16,21H,13-15,17H2,1H3,(H2,26,28)/t21-,25?/m1/s1. The van der Waals surface area contributed by atoms with Crippen molar-refractivity contribution < 1.29 is 4.79 Å². The van der Waals surface area contributed by atoms with Gasteiger partial charge < -0.3 is 5.73 Å². The molecule has 1 aliphatic rings. The van der Waals surface area contributed by atoms with Gasteiger partial charge in [-0.3, -0.25) is 9.79 Å². The van der Waals surface area contributed by atoms with Gasteiger partial charge in [-0.1, -0.05) is 66.7 Å². The summed E-state index contributed by atoms with van der Waals surface area (Å²) in [4.78, 5) is 17.2. The first kappa shape index (κ1) is 19.7. The molecule has 0 fully saturated rings. The molecular formula is C25H26N2OS. The molecule has 1 heterocycles. The molecule has 29 heavy (non-hydrogen) atoms. The normalized spacial score (nSPS) is 20.2. The van der Waals surface area contributed by atoms with Crippen LogP contribution in [0.5, 0.6) is 0 Å². The molecule has 2 atom stereocenters. The van der Waals surface area contributed by atoms with E-state index >= 15 is 0 Å². The second kappa shape index (κ2) is 8.42. The number of hydrogen-bond donors (Lipinski definition) is 1. The highest BCUT2D eigenvalue weighted by Gasteiger charge is 2.31. The number of primary amides is 1. The van der Waals surface area contributed by atoms with Crippen LogP contribution in [0.3, 0.4) is 0 Å². The van der Waals surface area contributed by atoms with E-state index in [4.69, 9.17) is 10.7 Å². The maximum Gasteiger partial charge on any atom is 0.221 e. The highest BCUT2D eigenvalue weighted by atomic mass is 32.2. The largest absolute Gasteiger partial charge is 0.369 e. The fraction of sp³-hybridized carbons (Fsp3) is 0.280. The third-order valence-corrected chi connectivity index (χ3v) is 6.75. The Kier molecular flexibility index (Phi) is 5.72. The van der Waals surface area contributed by atoms with E-state index in [9.17, 15) is 4.79 Å². The summed E-state index contributed by atoms with van der Waals surface area (Å²) in [5, 5.41) is 3.51. The number of aliphatic imine (C=N–C) groups is 1. The van der Waals surface area contributed by atoms with Crippen LogP contribution in [-0.2, 0) is 16.8 Å². The van der Waals surface area contributed by atoms with Gasteiger partial charge in [-0.15, -0.1) is 11.8 Å². The number of carbonyl (C=O) groups excluding carboxylic acids is 1. The molecule has 0 saturated carbocycles. The topological polar surface area (TPSA) is 55.5 Å². The molecule has 1 unspecified atom stereocenters. The van der Waals surface area contributed by atoms with Crippen molar-refractivity contribution in [1.29, 1.82) is 0 Å². The lowest BCUT2D eigenvalue weighted by Gasteiger charge is -2.32. The van der Waals surface area contributed by atoms with Gasteiger partial charge in [0.2, 0.25) is 5.91 Å². The Hall–Kier alpha value is -2.59. The minimum absolute atomic E-state index is 0.234. The lowest BCUT2D eigenvalue weighted by atomic mass is 9.88. The zero-order chi connectivity index (χ0) is 20.3. The highest BCUT2D eigenvalue weighted by molar-refractivity contribution is 8.14. The second-order valence-electron chi connectivity index (χ2n) is 7.93. The van der Waals surface area contributed by atoms with E-state index in [0.717, 1.165) is 22.8 Å². The first-order valence-electron chi connectivity index (χ1n) is 10.1. The second-order valence-corrected chi connectivity index (χ2v) is 9.10. The number of carbonyl (C=O) groups is 1. The molecule has 4 rings (SSSR count). The Morgan fingerprint density at radius 1 is 1.03 bits per heavy atom. The van der Waals surface area contributed by atoms with Crippen molar-refractivity contribution in [3.05, 3.63) is 83.9 Å². The van der Waals surface area contributed by atoms with Crippen LogP contribution in [0.2, 0.25) is 0 Å². The molecule has 1 amide bonds. The number of benzene rings is 3. The summed E-state index contributed by atoms with van der Waals surface area (Å²) in [6.07, 6.45) is 2.25. The number of amides is 1. The highest BCUT2D eigenvalue weighted by Crippen LogP contribution is 2.38. The zero-order valence-corrected chi connectivity index (χ0v) is 17.5. The molecule has 0 saturated heterocycles. The van der Waals surface area contributed by atoms with Gasteiger partial charge in [0, 0.05) is 18.1 Å². The molecule has 3 aromatic carbocycles. The van der Waals surface area contributed by atoms with Gasteiger partial charge in [-0.05, 0) is 47.7 Å². The van der Waals surface area contributed by atoms with Gasteiger partial charge in [0.1, 0.15) is 0 Å². The number of nitrogens with zero attached hydrogens (tertiary/aromatic N) is 1. The molecule has 148 valence electrons. The molecular weight excluding hydrogens is 376 g/mol. The molecule has 0 aliphatic carbocycles.